The predicted octanol–water partition coefficient (Wildman–Crippen LogP) is 1.05. The van der Waals surface area contributed by atoms with E-state index in [1.807, 2.05) is 12.1 Å². The van der Waals surface area contributed by atoms with E-state index in [1.165, 1.54) is 4.31 Å². The van der Waals surface area contributed by atoms with Crippen LogP contribution >= 0.6 is 0 Å². The van der Waals surface area contributed by atoms with E-state index < -0.39 is 16.1 Å². The molecule has 1 aliphatic heterocycles. The number of piperazine rings is 1. The normalized spacial score (nSPS) is 18.8. The number of aromatic amines is 1. The third-order valence-electron chi connectivity index (χ3n) is 4.12. The van der Waals surface area contributed by atoms with Crippen LogP contribution in [0, 0.1) is 0 Å². The Morgan fingerprint density at radius 3 is 2.35 bits per heavy atom. The number of nitrogens with one attached hydrogen (secondary N) is 1. The van der Waals surface area contributed by atoms with Gasteiger partial charge in [0.15, 0.2) is 0 Å². The van der Waals surface area contributed by atoms with Crippen LogP contribution in [0.4, 0.5) is 0 Å². The molecule has 0 amide bonds. The number of aromatic nitrogens is 1. The molecule has 23 heavy (non-hydrogen) atoms. The first-order chi connectivity index (χ1) is 11.1. The van der Waals surface area contributed by atoms with E-state index in [2.05, 4.69) is 9.88 Å². The van der Waals surface area contributed by atoms with Gasteiger partial charge >= 0.3 is 0 Å². The molecule has 0 saturated carbocycles. The van der Waals surface area contributed by atoms with Gasteiger partial charge in [0, 0.05) is 44.6 Å². The quantitative estimate of drug-likeness (QED) is 0.856. The predicted molar refractivity (Wildman–Crippen MR) is 87.4 cm³/mol. The maximum Gasteiger partial charge on any atom is 0.243 e. The maximum atomic E-state index is 12.6. The number of H-pyrrole nitrogens is 1. The Kier molecular flexibility index (Phi) is 4.82. The van der Waals surface area contributed by atoms with E-state index in [9.17, 15) is 13.5 Å². The molecule has 2 heterocycles. The molecule has 6 nitrogen and oxygen atoms in total. The van der Waals surface area contributed by atoms with Crippen molar-refractivity contribution in [1.82, 2.24) is 14.2 Å². The van der Waals surface area contributed by atoms with Crippen molar-refractivity contribution in [3.63, 3.8) is 0 Å². The second-order valence-corrected chi connectivity index (χ2v) is 7.60. The number of hydrogen-bond acceptors (Lipinski definition) is 4. The molecule has 0 unspecified atom stereocenters. The highest BCUT2D eigenvalue weighted by Gasteiger charge is 2.29. The third-order valence-corrected chi connectivity index (χ3v) is 6.04. The van der Waals surface area contributed by atoms with Gasteiger partial charge in [-0.25, -0.2) is 8.42 Å². The Hall–Kier alpha value is -1.67. The Morgan fingerprint density at radius 1 is 1.04 bits per heavy atom. The van der Waals surface area contributed by atoms with Crippen LogP contribution in [0.3, 0.4) is 0 Å². The second-order valence-electron chi connectivity index (χ2n) is 5.66. The molecule has 3 rings (SSSR count). The summed E-state index contributed by atoms with van der Waals surface area (Å²) in [4.78, 5) is 5.42. The Labute approximate surface area is 136 Å². The van der Waals surface area contributed by atoms with Crippen LogP contribution in [0.5, 0.6) is 0 Å². The molecule has 1 aromatic carbocycles. The summed E-state index contributed by atoms with van der Waals surface area (Å²) in [6, 6.07) is 12.2. The molecule has 2 N–H and O–H groups in total. The third kappa shape index (κ3) is 3.64. The fourth-order valence-electron chi connectivity index (χ4n) is 2.79. The number of nitrogens with zero attached hydrogens (tertiary/aromatic N) is 2. The van der Waals surface area contributed by atoms with Crippen molar-refractivity contribution in [2.45, 2.75) is 11.0 Å². The highest BCUT2D eigenvalue weighted by molar-refractivity contribution is 7.89. The molecule has 7 heteroatoms. The van der Waals surface area contributed by atoms with E-state index in [-0.39, 0.29) is 0 Å². The van der Waals surface area contributed by atoms with Gasteiger partial charge in [-0.05, 0) is 24.3 Å². The van der Waals surface area contributed by atoms with Gasteiger partial charge in [0.1, 0.15) is 6.10 Å². The van der Waals surface area contributed by atoms with Crippen LogP contribution in [-0.4, -0.2) is 60.4 Å². The minimum Gasteiger partial charge on any atom is -0.386 e. The molecule has 0 radical (unpaired) electrons. The summed E-state index contributed by atoms with van der Waals surface area (Å²) in [5, 5.41) is 10.2. The molecule has 1 aromatic heterocycles. The zero-order valence-corrected chi connectivity index (χ0v) is 13.6. The molecule has 1 fully saturated rings. The van der Waals surface area contributed by atoms with Crippen LogP contribution < -0.4 is 0 Å². The number of benzene rings is 1. The Balaban J connectivity index is 1.58. The lowest BCUT2D eigenvalue weighted by Crippen LogP contribution is -2.49. The Morgan fingerprint density at radius 2 is 1.74 bits per heavy atom. The molecule has 0 bridgehead atoms. The van der Waals surface area contributed by atoms with Crippen molar-refractivity contribution in [1.29, 1.82) is 0 Å². The van der Waals surface area contributed by atoms with Gasteiger partial charge in [0.25, 0.3) is 0 Å². The lowest BCUT2D eigenvalue weighted by molar-refractivity contribution is 0.0898. The number of β-amino-alcohol motifs (C(OH)–C–C–N with tert-alkyl or cyclic N) is 1. The van der Waals surface area contributed by atoms with E-state index in [4.69, 9.17) is 0 Å². The van der Waals surface area contributed by atoms with Crippen molar-refractivity contribution in [3.05, 3.63) is 54.4 Å². The molecular weight excluding hydrogens is 314 g/mol. The molecule has 1 aliphatic rings. The topological polar surface area (TPSA) is 76.6 Å². The van der Waals surface area contributed by atoms with Crippen molar-refractivity contribution < 1.29 is 13.5 Å². The summed E-state index contributed by atoms with van der Waals surface area (Å²) in [5.74, 6) is 0. The molecule has 1 atom stereocenters. The zero-order chi connectivity index (χ0) is 16.3. The molecule has 0 spiro atoms. The minimum atomic E-state index is -3.42. The first-order valence-electron chi connectivity index (χ1n) is 7.66. The van der Waals surface area contributed by atoms with Gasteiger partial charge in [-0.2, -0.15) is 4.31 Å². The van der Waals surface area contributed by atoms with Crippen molar-refractivity contribution in [2.24, 2.45) is 0 Å². The van der Waals surface area contributed by atoms with Crippen LogP contribution in [0.2, 0.25) is 0 Å². The molecule has 0 aliphatic carbocycles. The number of aliphatic hydroxyl groups excluding tert-OH is 1. The summed E-state index contributed by atoms with van der Waals surface area (Å²) >= 11 is 0. The second kappa shape index (κ2) is 6.84. The van der Waals surface area contributed by atoms with Crippen molar-refractivity contribution in [2.75, 3.05) is 32.7 Å². The first-order valence-corrected chi connectivity index (χ1v) is 9.10. The van der Waals surface area contributed by atoms with Gasteiger partial charge in [-0.15, -0.1) is 0 Å². The first kappa shape index (κ1) is 16.2. The summed E-state index contributed by atoms with van der Waals surface area (Å²) in [5.41, 5.74) is 0.782. The molecule has 2 aromatic rings. The molecule has 1 saturated heterocycles. The lowest BCUT2D eigenvalue weighted by Gasteiger charge is -2.34. The van der Waals surface area contributed by atoms with Gasteiger partial charge < -0.3 is 10.1 Å². The van der Waals surface area contributed by atoms with Crippen molar-refractivity contribution in [3.8, 4) is 0 Å². The largest absolute Gasteiger partial charge is 0.386 e. The smallest absolute Gasteiger partial charge is 0.243 e. The average Bonchev–Trinajstić information content (AvgIpc) is 3.11. The zero-order valence-electron chi connectivity index (χ0n) is 12.8. The standard InChI is InChI=1S/C16H21N3O3S/c20-16(15-7-4-8-17-15)13-18-9-11-19(12-10-18)23(21,22)14-5-2-1-3-6-14/h1-8,16-17,20H,9-13H2/t16-/m0/s1. The van der Waals surface area contributed by atoms with E-state index in [0.29, 0.717) is 37.6 Å². The summed E-state index contributed by atoms with van der Waals surface area (Å²) in [7, 11) is -3.42. The number of aliphatic hydroxyl groups is 1. The Bertz CT molecular complexity index is 708. The van der Waals surface area contributed by atoms with Gasteiger partial charge in [-0.3, -0.25) is 4.90 Å². The number of hydrogen-bond donors (Lipinski definition) is 2. The highest BCUT2D eigenvalue weighted by atomic mass is 32.2. The van der Waals surface area contributed by atoms with E-state index in [1.54, 1.807) is 36.5 Å². The van der Waals surface area contributed by atoms with Crippen molar-refractivity contribution >= 4 is 10.0 Å². The van der Waals surface area contributed by atoms with Gasteiger partial charge in [-0.1, -0.05) is 18.2 Å². The van der Waals surface area contributed by atoms with E-state index in [0.717, 1.165) is 5.69 Å². The lowest BCUT2D eigenvalue weighted by atomic mass is 10.2. The number of sulfonamides is 1. The van der Waals surface area contributed by atoms with Crippen LogP contribution in [0.25, 0.3) is 0 Å². The fraction of sp³-hybridized carbons (Fsp3) is 0.375. The van der Waals surface area contributed by atoms with Crippen LogP contribution in [-0.2, 0) is 10.0 Å². The van der Waals surface area contributed by atoms with Crippen LogP contribution in [0.1, 0.15) is 11.8 Å². The molecular formula is C16H21N3O3S. The summed E-state index contributed by atoms with van der Waals surface area (Å²) < 4.78 is 26.6. The molecule has 124 valence electrons. The maximum absolute atomic E-state index is 12.6. The summed E-state index contributed by atoms with van der Waals surface area (Å²) in [6.45, 7) is 2.61. The average molecular weight is 335 g/mol. The fourth-order valence-corrected chi connectivity index (χ4v) is 4.23. The summed E-state index contributed by atoms with van der Waals surface area (Å²) in [6.07, 6.45) is 1.20. The van der Waals surface area contributed by atoms with Gasteiger partial charge in [0.05, 0.1) is 4.90 Å². The number of rotatable bonds is 5. The highest BCUT2D eigenvalue weighted by Crippen LogP contribution is 2.18. The van der Waals surface area contributed by atoms with Crippen LogP contribution in [0.15, 0.2) is 53.6 Å². The minimum absolute atomic E-state index is 0.333. The SMILES string of the molecule is O=S(=O)(c1ccccc1)N1CCN(C[C@H](O)c2ccc[nH]2)CC1. The van der Waals surface area contributed by atoms with E-state index >= 15 is 0 Å². The monoisotopic (exact) mass is 335 g/mol. The van der Waals surface area contributed by atoms with Gasteiger partial charge in [0.2, 0.25) is 10.0 Å².